The van der Waals surface area contributed by atoms with E-state index in [0.717, 1.165) is 25.1 Å². The molecule has 21 heavy (non-hydrogen) atoms. The van der Waals surface area contributed by atoms with E-state index in [1.165, 1.54) is 0 Å². The van der Waals surface area contributed by atoms with Crippen LogP contribution in [-0.2, 0) is 0 Å². The predicted octanol–water partition coefficient (Wildman–Crippen LogP) is 4.12. The molecule has 110 valence electrons. The van der Waals surface area contributed by atoms with Gasteiger partial charge in [0.1, 0.15) is 6.10 Å². The second-order valence-electron chi connectivity index (χ2n) is 5.12. The zero-order chi connectivity index (χ0) is 14.7. The molecule has 2 atom stereocenters. The molecule has 2 aromatic rings. The lowest BCUT2D eigenvalue weighted by atomic mass is 9.95. The first-order chi connectivity index (χ1) is 10.3. The van der Waals surface area contributed by atoms with E-state index in [-0.39, 0.29) is 6.10 Å². The second kappa shape index (κ2) is 6.65. The van der Waals surface area contributed by atoms with Crippen molar-refractivity contribution in [3.63, 3.8) is 0 Å². The standard InChI is InChI=1S/C16H16Cl2N2O/c17-13-2-1-3-14(18)16(13)21-15(12-6-9-20-10-12)11-4-7-19-8-5-11/h1-5,7-8,12,15,20H,6,9-10H2/t12-,15+/m0/s1. The molecule has 0 spiro atoms. The van der Waals surface area contributed by atoms with Gasteiger partial charge in [-0.15, -0.1) is 0 Å². The third-order valence-electron chi connectivity index (χ3n) is 3.72. The highest BCUT2D eigenvalue weighted by Gasteiger charge is 2.29. The number of benzene rings is 1. The molecule has 3 rings (SSSR count). The van der Waals surface area contributed by atoms with Crippen LogP contribution in [-0.4, -0.2) is 18.1 Å². The Bertz CT molecular complexity index is 580. The molecule has 1 N–H and O–H groups in total. The van der Waals surface area contributed by atoms with Crippen LogP contribution in [0.3, 0.4) is 0 Å². The molecular weight excluding hydrogens is 307 g/mol. The highest BCUT2D eigenvalue weighted by molar-refractivity contribution is 6.37. The van der Waals surface area contributed by atoms with Crippen molar-refractivity contribution < 1.29 is 4.74 Å². The van der Waals surface area contributed by atoms with Crippen molar-refractivity contribution in [2.24, 2.45) is 5.92 Å². The van der Waals surface area contributed by atoms with Gasteiger partial charge in [-0.2, -0.15) is 0 Å². The molecule has 1 fully saturated rings. The number of nitrogens with one attached hydrogen (secondary N) is 1. The maximum absolute atomic E-state index is 6.23. The van der Waals surface area contributed by atoms with Crippen molar-refractivity contribution >= 4 is 23.2 Å². The Kier molecular flexibility index (Phi) is 4.63. The Morgan fingerprint density at radius 2 is 1.86 bits per heavy atom. The highest BCUT2D eigenvalue weighted by Crippen LogP contribution is 2.39. The number of hydrogen-bond donors (Lipinski definition) is 1. The molecule has 0 aliphatic carbocycles. The van der Waals surface area contributed by atoms with E-state index in [1.807, 2.05) is 18.2 Å². The summed E-state index contributed by atoms with van der Waals surface area (Å²) in [5.41, 5.74) is 1.09. The Hall–Kier alpha value is -1.29. The molecule has 0 saturated carbocycles. The smallest absolute Gasteiger partial charge is 0.157 e. The summed E-state index contributed by atoms with van der Waals surface area (Å²) in [5.74, 6) is 0.939. The van der Waals surface area contributed by atoms with Crippen LogP contribution in [0, 0.1) is 5.92 Å². The topological polar surface area (TPSA) is 34.1 Å². The van der Waals surface area contributed by atoms with Gasteiger partial charge >= 0.3 is 0 Å². The van der Waals surface area contributed by atoms with Gasteiger partial charge in [0.2, 0.25) is 0 Å². The molecule has 1 aliphatic rings. The van der Waals surface area contributed by atoms with Crippen LogP contribution in [0.25, 0.3) is 0 Å². The summed E-state index contributed by atoms with van der Waals surface area (Å²) in [6.45, 7) is 1.93. The van der Waals surface area contributed by atoms with Crippen LogP contribution in [0.15, 0.2) is 42.7 Å². The Morgan fingerprint density at radius 1 is 1.14 bits per heavy atom. The fourth-order valence-electron chi connectivity index (χ4n) is 2.65. The van der Waals surface area contributed by atoms with Crippen molar-refractivity contribution in [1.82, 2.24) is 10.3 Å². The van der Waals surface area contributed by atoms with Crippen LogP contribution in [0.5, 0.6) is 5.75 Å². The third kappa shape index (κ3) is 3.31. The van der Waals surface area contributed by atoms with Gasteiger partial charge in [-0.1, -0.05) is 29.3 Å². The number of nitrogens with zero attached hydrogens (tertiary/aromatic N) is 1. The fraction of sp³-hybridized carbons (Fsp3) is 0.312. The van der Waals surface area contributed by atoms with Crippen molar-refractivity contribution in [3.8, 4) is 5.75 Å². The van der Waals surface area contributed by atoms with Gasteiger partial charge < -0.3 is 10.1 Å². The molecule has 0 unspecified atom stereocenters. The lowest BCUT2D eigenvalue weighted by molar-refractivity contribution is 0.144. The molecular formula is C16H16Cl2N2O. The van der Waals surface area contributed by atoms with Gasteiger partial charge in [0.25, 0.3) is 0 Å². The van der Waals surface area contributed by atoms with E-state index in [1.54, 1.807) is 24.5 Å². The number of halogens is 2. The van der Waals surface area contributed by atoms with Crippen molar-refractivity contribution in [3.05, 3.63) is 58.3 Å². The van der Waals surface area contributed by atoms with Gasteiger partial charge in [0.15, 0.2) is 5.75 Å². The minimum atomic E-state index is -0.0830. The van der Waals surface area contributed by atoms with Crippen molar-refractivity contribution in [2.45, 2.75) is 12.5 Å². The summed E-state index contributed by atoms with van der Waals surface area (Å²) in [6, 6.07) is 9.36. The largest absolute Gasteiger partial charge is 0.482 e. The van der Waals surface area contributed by atoms with Crippen molar-refractivity contribution in [1.29, 1.82) is 0 Å². The first kappa shape index (κ1) is 14.6. The summed E-state index contributed by atoms with van der Waals surface area (Å²) in [4.78, 5) is 4.07. The van der Waals surface area contributed by atoms with Crippen LogP contribution in [0.2, 0.25) is 10.0 Å². The van der Waals surface area contributed by atoms with E-state index < -0.39 is 0 Å². The van der Waals surface area contributed by atoms with Gasteiger partial charge in [-0.3, -0.25) is 4.98 Å². The third-order valence-corrected chi connectivity index (χ3v) is 4.32. The zero-order valence-electron chi connectivity index (χ0n) is 11.4. The quantitative estimate of drug-likeness (QED) is 0.919. The van der Waals surface area contributed by atoms with Gasteiger partial charge in [0, 0.05) is 24.9 Å². The molecule has 5 heteroatoms. The Balaban J connectivity index is 1.92. The molecule has 1 saturated heterocycles. The Labute approximate surface area is 134 Å². The normalized spacial score (nSPS) is 19.4. The maximum Gasteiger partial charge on any atom is 0.157 e. The summed E-state index contributed by atoms with van der Waals surface area (Å²) < 4.78 is 6.21. The molecule has 0 radical (unpaired) electrons. The summed E-state index contributed by atoms with van der Waals surface area (Å²) >= 11 is 12.5. The first-order valence-corrected chi connectivity index (χ1v) is 7.72. The monoisotopic (exact) mass is 322 g/mol. The summed E-state index contributed by atoms with van der Waals surface area (Å²) in [5, 5.41) is 4.45. The van der Waals surface area contributed by atoms with Crippen LogP contribution in [0.4, 0.5) is 0 Å². The van der Waals surface area contributed by atoms with Crippen LogP contribution >= 0.6 is 23.2 Å². The molecule has 3 nitrogen and oxygen atoms in total. The van der Waals surface area contributed by atoms with E-state index in [2.05, 4.69) is 10.3 Å². The summed E-state index contributed by atoms with van der Waals surface area (Å²) in [7, 11) is 0. The molecule has 0 amide bonds. The number of aromatic nitrogens is 1. The van der Waals surface area contributed by atoms with Gasteiger partial charge in [-0.05, 0) is 42.8 Å². The average Bonchev–Trinajstić information content (AvgIpc) is 3.02. The second-order valence-corrected chi connectivity index (χ2v) is 5.94. The summed E-state index contributed by atoms with van der Waals surface area (Å²) in [6.07, 6.45) is 4.54. The average molecular weight is 323 g/mol. The molecule has 1 aliphatic heterocycles. The molecule has 1 aromatic carbocycles. The van der Waals surface area contributed by atoms with Crippen LogP contribution < -0.4 is 10.1 Å². The first-order valence-electron chi connectivity index (χ1n) is 6.97. The minimum Gasteiger partial charge on any atom is -0.482 e. The molecule has 1 aromatic heterocycles. The van der Waals surface area contributed by atoms with E-state index in [4.69, 9.17) is 27.9 Å². The molecule has 2 heterocycles. The Morgan fingerprint density at radius 3 is 2.48 bits per heavy atom. The lowest BCUT2D eigenvalue weighted by Gasteiger charge is -2.25. The lowest BCUT2D eigenvalue weighted by Crippen LogP contribution is -2.21. The minimum absolute atomic E-state index is 0.0830. The van der Waals surface area contributed by atoms with Crippen molar-refractivity contribution in [2.75, 3.05) is 13.1 Å². The fourth-order valence-corrected chi connectivity index (χ4v) is 3.13. The van der Waals surface area contributed by atoms with Crippen LogP contribution in [0.1, 0.15) is 18.1 Å². The number of ether oxygens (including phenoxy) is 1. The van der Waals surface area contributed by atoms with E-state index >= 15 is 0 Å². The molecule has 0 bridgehead atoms. The maximum atomic E-state index is 6.23. The number of para-hydroxylation sites is 1. The highest BCUT2D eigenvalue weighted by atomic mass is 35.5. The predicted molar refractivity (Wildman–Crippen MR) is 85.0 cm³/mol. The van der Waals surface area contributed by atoms with E-state index in [9.17, 15) is 0 Å². The number of rotatable bonds is 4. The van der Waals surface area contributed by atoms with E-state index in [0.29, 0.717) is 21.7 Å². The van der Waals surface area contributed by atoms with Gasteiger partial charge in [-0.25, -0.2) is 0 Å². The number of hydrogen-bond acceptors (Lipinski definition) is 3. The number of pyridine rings is 1. The SMILES string of the molecule is Clc1cccc(Cl)c1O[C@H](c1ccncc1)[C@H]1CCNC1. The zero-order valence-corrected chi connectivity index (χ0v) is 12.9. The van der Waals surface area contributed by atoms with Gasteiger partial charge in [0.05, 0.1) is 10.0 Å².